The van der Waals surface area contributed by atoms with Crippen molar-refractivity contribution in [1.82, 2.24) is 14.7 Å². The lowest BCUT2D eigenvalue weighted by Crippen LogP contribution is -2.28. The first kappa shape index (κ1) is 14.7. The quantitative estimate of drug-likeness (QED) is 0.613. The highest BCUT2D eigenvalue weighted by molar-refractivity contribution is 7.88. The fourth-order valence-corrected chi connectivity index (χ4v) is 1.75. The first-order chi connectivity index (χ1) is 8.42. The Labute approximate surface area is 107 Å². The number of hydrogen-bond acceptors (Lipinski definition) is 6. The lowest BCUT2D eigenvalue weighted by molar-refractivity contribution is 0.589. The van der Waals surface area contributed by atoms with E-state index in [1.807, 2.05) is 13.8 Å². The van der Waals surface area contributed by atoms with Gasteiger partial charge >= 0.3 is 0 Å². The Morgan fingerprint density at radius 2 is 2.00 bits per heavy atom. The molecule has 1 aromatic rings. The maximum atomic E-state index is 10.9. The van der Waals surface area contributed by atoms with Crippen molar-refractivity contribution in [1.29, 1.82) is 0 Å². The molecule has 0 atom stereocenters. The Hall–Kier alpha value is -1.41. The summed E-state index contributed by atoms with van der Waals surface area (Å²) in [6.07, 6.45) is 2.85. The fourth-order valence-electron chi connectivity index (χ4n) is 1.28. The topological polar surface area (TPSA) is 96.0 Å². The SMILES string of the molecule is CCNc1ncc(C)c(NCCNS(C)(=O)=O)n1. The highest BCUT2D eigenvalue weighted by Gasteiger charge is 2.03. The van der Waals surface area contributed by atoms with Gasteiger partial charge in [0.05, 0.1) is 6.26 Å². The Morgan fingerprint density at radius 3 is 2.61 bits per heavy atom. The third-order valence-electron chi connectivity index (χ3n) is 2.09. The van der Waals surface area contributed by atoms with Crippen molar-refractivity contribution in [3.8, 4) is 0 Å². The van der Waals surface area contributed by atoms with Crippen molar-refractivity contribution in [2.24, 2.45) is 0 Å². The van der Waals surface area contributed by atoms with Crippen molar-refractivity contribution < 1.29 is 8.42 Å². The number of hydrogen-bond donors (Lipinski definition) is 3. The van der Waals surface area contributed by atoms with Crippen LogP contribution in [0.25, 0.3) is 0 Å². The van der Waals surface area contributed by atoms with Crippen LogP contribution < -0.4 is 15.4 Å². The average molecular weight is 273 g/mol. The summed E-state index contributed by atoms with van der Waals surface area (Å²) in [5.74, 6) is 1.26. The van der Waals surface area contributed by atoms with Crippen molar-refractivity contribution in [3.05, 3.63) is 11.8 Å². The molecule has 0 saturated heterocycles. The van der Waals surface area contributed by atoms with Gasteiger partial charge in [-0.2, -0.15) is 4.98 Å². The van der Waals surface area contributed by atoms with E-state index in [-0.39, 0.29) is 0 Å². The fraction of sp³-hybridized carbons (Fsp3) is 0.600. The van der Waals surface area contributed by atoms with Gasteiger partial charge in [-0.05, 0) is 13.8 Å². The Morgan fingerprint density at radius 1 is 1.28 bits per heavy atom. The van der Waals surface area contributed by atoms with Gasteiger partial charge < -0.3 is 10.6 Å². The van der Waals surface area contributed by atoms with Crippen molar-refractivity contribution in [2.75, 3.05) is 36.5 Å². The van der Waals surface area contributed by atoms with Gasteiger partial charge in [0, 0.05) is 31.4 Å². The molecule has 0 unspecified atom stereocenters. The van der Waals surface area contributed by atoms with E-state index in [4.69, 9.17) is 0 Å². The molecule has 0 aliphatic heterocycles. The van der Waals surface area contributed by atoms with Gasteiger partial charge in [0.2, 0.25) is 16.0 Å². The first-order valence-corrected chi connectivity index (χ1v) is 7.57. The number of nitrogens with one attached hydrogen (secondary N) is 3. The smallest absolute Gasteiger partial charge is 0.224 e. The van der Waals surface area contributed by atoms with Gasteiger partial charge in [-0.1, -0.05) is 0 Å². The molecule has 3 N–H and O–H groups in total. The summed E-state index contributed by atoms with van der Waals surface area (Å²) in [5, 5.41) is 6.08. The summed E-state index contributed by atoms with van der Waals surface area (Å²) in [4.78, 5) is 8.41. The zero-order valence-corrected chi connectivity index (χ0v) is 11.6. The maximum absolute atomic E-state index is 10.9. The average Bonchev–Trinajstić information content (AvgIpc) is 2.27. The van der Waals surface area contributed by atoms with Crippen LogP contribution in [0.5, 0.6) is 0 Å². The summed E-state index contributed by atoms with van der Waals surface area (Å²) in [6.45, 7) is 5.39. The number of nitrogens with zero attached hydrogens (tertiary/aromatic N) is 2. The van der Waals surface area contributed by atoms with E-state index < -0.39 is 10.0 Å². The van der Waals surface area contributed by atoms with E-state index in [1.165, 1.54) is 0 Å². The Kier molecular flexibility index (Phi) is 5.29. The van der Waals surface area contributed by atoms with Crippen LogP contribution in [0.15, 0.2) is 6.20 Å². The molecule has 1 heterocycles. The number of sulfonamides is 1. The molecule has 0 bridgehead atoms. The molecule has 102 valence electrons. The highest BCUT2D eigenvalue weighted by atomic mass is 32.2. The number of aryl methyl sites for hydroxylation is 1. The van der Waals surface area contributed by atoms with Gasteiger partial charge in [-0.3, -0.25) is 0 Å². The minimum absolute atomic E-state index is 0.318. The highest BCUT2D eigenvalue weighted by Crippen LogP contribution is 2.11. The van der Waals surface area contributed by atoms with Crippen LogP contribution in [0, 0.1) is 6.92 Å². The van der Waals surface area contributed by atoms with E-state index in [0.29, 0.717) is 24.9 Å². The van der Waals surface area contributed by atoms with Gasteiger partial charge in [0.1, 0.15) is 5.82 Å². The zero-order valence-electron chi connectivity index (χ0n) is 10.8. The summed E-state index contributed by atoms with van der Waals surface area (Å²) < 4.78 is 24.2. The lowest BCUT2D eigenvalue weighted by atomic mass is 10.3. The number of anilines is 2. The van der Waals surface area contributed by atoms with Gasteiger partial charge in [-0.15, -0.1) is 0 Å². The molecule has 8 heteroatoms. The Bertz CT molecular complexity index is 489. The standard InChI is InChI=1S/C10H19N5O2S/c1-4-11-10-13-7-8(2)9(15-10)12-5-6-14-18(3,16)17/h7,14H,4-6H2,1-3H3,(H2,11,12,13,15). The Balaban J connectivity index is 2.53. The van der Waals surface area contributed by atoms with Crippen molar-refractivity contribution in [3.63, 3.8) is 0 Å². The molecule has 7 nitrogen and oxygen atoms in total. The second-order valence-corrected chi connectivity index (χ2v) is 5.68. The molecule has 18 heavy (non-hydrogen) atoms. The largest absolute Gasteiger partial charge is 0.368 e. The molecular weight excluding hydrogens is 254 g/mol. The minimum Gasteiger partial charge on any atom is -0.368 e. The molecule has 0 aliphatic carbocycles. The number of aromatic nitrogens is 2. The second-order valence-electron chi connectivity index (χ2n) is 3.85. The van der Waals surface area contributed by atoms with Crippen molar-refractivity contribution >= 4 is 21.8 Å². The first-order valence-electron chi connectivity index (χ1n) is 5.68. The molecule has 0 fully saturated rings. The molecule has 1 rings (SSSR count). The minimum atomic E-state index is -3.14. The predicted molar refractivity (Wildman–Crippen MR) is 72.3 cm³/mol. The normalized spacial score (nSPS) is 11.3. The van der Waals surface area contributed by atoms with E-state index in [0.717, 1.165) is 18.4 Å². The van der Waals surface area contributed by atoms with Gasteiger partial charge in [0.15, 0.2) is 0 Å². The van der Waals surface area contributed by atoms with Crippen LogP contribution in [-0.2, 0) is 10.0 Å². The molecule has 1 aromatic heterocycles. The van der Waals surface area contributed by atoms with Crippen molar-refractivity contribution in [2.45, 2.75) is 13.8 Å². The summed E-state index contributed by atoms with van der Waals surface area (Å²) in [5.41, 5.74) is 0.913. The molecule has 0 aromatic carbocycles. The van der Waals surface area contributed by atoms with Crippen LogP contribution >= 0.6 is 0 Å². The monoisotopic (exact) mass is 273 g/mol. The maximum Gasteiger partial charge on any atom is 0.224 e. The molecule has 0 saturated carbocycles. The third-order valence-corrected chi connectivity index (χ3v) is 2.82. The molecule has 0 amide bonds. The van der Waals surface area contributed by atoms with Crippen LogP contribution in [0.2, 0.25) is 0 Å². The second kappa shape index (κ2) is 6.50. The van der Waals surface area contributed by atoms with Crippen LogP contribution in [0.3, 0.4) is 0 Å². The van der Waals surface area contributed by atoms with Crippen LogP contribution in [-0.4, -0.2) is 44.3 Å². The molecule has 0 spiro atoms. The third kappa shape index (κ3) is 5.28. The van der Waals surface area contributed by atoms with Gasteiger partial charge in [-0.25, -0.2) is 18.1 Å². The lowest BCUT2D eigenvalue weighted by Gasteiger charge is -2.10. The predicted octanol–water partition coefficient (Wildman–Crippen LogP) is 0.178. The van der Waals surface area contributed by atoms with E-state index >= 15 is 0 Å². The van der Waals surface area contributed by atoms with E-state index in [1.54, 1.807) is 6.20 Å². The van der Waals surface area contributed by atoms with Gasteiger partial charge in [0.25, 0.3) is 0 Å². The summed E-state index contributed by atoms with van der Waals surface area (Å²) in [7, 11) is -3.14. The van der Waals surface area contributed by atoms with Crippen LogP contribution in [0.4, 0.5) is 11.8 Å². The van der Waals surface area contributed by atoms with E-state index in [2.05, 4.69) is 25.3 Å². The van der Waals surface area contributed by atoms with E-state index in [9.17, 15) is 8.42 Å². The summed E-state index contributed by atoms with van der Waals surface area (Å²) in [6, 6.07) is 0. The summed E-state index contributed by atoms with van der Waals surface area (Å²) >= 11 is 0. The molecule has 0 radical (unpaired) electrons. The zero-order chi connectivity index (χ0) is 13.6. The van der Waals surface area contributed by atoms with Crippen LogP contribution in [0.1, 0.15) is 12.5 Å². The molecular formula is C10H19N5O2S. The number of rotatable bonds is 7. The molecule has 0 aliphatic rings.